The maximum atomic E-state index is 5.17. The standard InChI is InChI=1S/C9H9NO.C9H9N/c1-11-9-4-2-3-8-7(9)5-6-10-8;1-7-3-2-4-9-8(7)5-6-10-9/h2-6,10H,1H3;2-6,10H,1H3. The van der Waals surface area contributed by atoms with Crippen molar-refractivity contribution in [2.24, 2.45) is 0 Å². The van der Waals surface area contributed by atoms with Gasteiger partial charge in [0.1, 0.15) is 5.75 Å². The maximum Gasteiger partial charge on any atom is 0.128 e. The SMILES string of the molecule is COc1cccc2[nH]ccc12.Cc1cccc2[nH]ccc12. The first kappa shape index (κ1) is 13.3. The van der Waals surface area contributed by atoms with E-state index in [1.165, 1.54) is 16.5 Å². The summed E-state index contributed by atoms with van der Waals surface area (Å²) in [5, 5.41) is 2.46. The highest BCUT2D eigenvalue weighted by Gasteiger charge is 1.98. The predicted octanol–water partition coefficient (Wildman–Crippen LogP) is 4.65. The zero-order valence-corrected chi connectivity index (χ0v) is 12.2. The summed E-state index contributed by atoms with van der Waals surface area (Å²) < 4.78 is 5.17. The summed E-state index contributed by atoms with van der Waals surface area (Å²) in [6.07, 6.45) is 3.88. The molecular weight excluding hydrogens is 260 g/mol. The molecule has 106 valence electrons. The third kappa shape index (κ3) is 2.63. The van der Waals surface area contributed by atoms with E-state index in [4.69, 9.17) is 4.74 Å². The van der Waals surface area contributed by atoms with Crippen LogP contribution in [0.15, 0.2) is 60.9 Å². The second kappa shape index (κ2) is 5.75. The van der Waals surface area contributed by atoms with Gasteiger partial charge in [0.15, 0.2) is 0 Å². The maximum absolute atomic E-state index is 5.17. The van der Waals surface area contributed by atoms with E-state index in [2.05, 4.69) is 41.2 Å². The third-order valence-electron chi connectivity index (χ3n) is 3.59. The number of fused-ring (bicyclic) bond motifs is 2. The van der Waals surface area contributed by atoms with Gasteiger partial charge in [-0.15, -0.1) is 0 Å². The van der Waals surface area contributed by atoms with Crippen LogP contribution < -0.4 is 4.74 Å². The topological polar surface area (TPSA) is 40.8 Å². The minimum atomic E-state index is 0.920. The molecule has 0 fully saturated rings. The molecule has 21 heavy (non-hydrogen) atoms. The molecule has 0 saturated carbocycles. The number of methoxy groups -OCH3 is 1. The summed E-state index contributed by atoms with van der Waals surface area (Å²) >= 11 is 0. The molecule has 4 aromatic rings. The summed E-state index contributed by atoms with van der Waals surface area (Å²) in [7, 11) is 1.68. The summed E-state index contributed by atoms with van der Waals surface area (Å²) in [5.74, 6) is 0.920. The largest absolute Gasteiger partial charge is 0.496 e. The first-order valence-electron chi connectivity index (χ1n) is 6.92. The monoisotopic (exact) mass is 278 g/mol. The molecule has 2 aromatic carbocycles. The third-order valence-corrected chi connectivity index (χ3v) is 3.59. The van der Waals surface area contributed by atoms with Crippen molar-refractivity contribution in [3.05, 3.63) is 66.5 Å². The van der Waals surface area contributed by atoms with Crippen molar-refractivity contribution in [3.63, 3.8) is 0 Å². The Kier molecular flexibility index (Phi) is 3.65. The molecule has 0 spiro atoms. The predicted molar refractivity (Wildman–Crippen MR) is 87.9 cm³/mol. The molecule has 0 aliphatic carbocycles. The molecule has 0 radical (unpaired) electrons. The Bertz CT molecular complexity index is 858. The fraction of sp³-hybridized carbons (Fsp3) is 0.111. The van der Waals surface area contributed by atoms with Crippen LogP contribution in [0, 0.1) is 6.92 Å². The Morgan fingerprint density at radius 2 is 1.38 bits per heavy atom. The number of hydrogen-bond donors (Lipinski definition) is 2. The molecule has 2 aromatic heterocycles. The molecule has 2 N–H and O–H groups in total. The van der Waals surface area contributed by atoms with Gasteiger partial charge in [-0.05, 0) is 42.8 Å². The van der Waals surface area contributed by atoms with Crippen LogP contribution in [0.5, 0.6) is 5.75 Å². The molecule has 2 heterocycles. The van der Waals surface area contributed by atoms with E-state index < -0.39 is 0 Å². The molecule has 0 saturated heterocycles. The van der Waals surface area contributed by atoms with Crippen LogP contribution >= 0.6 is 0 Å². The molecule has 3 nitrogen and oxygen atoms in total. The fourth-order valence-corrected chi connectivity index (χ4v) is 2.48. The lowest BCUT2D eigenvalue weighted by molar-refractivity contribution is 0.420. The average Bonchev–Trinajstić information content (AvgIpc) is 3.16. The molecule has 4 rings (SSSR count). The van der Waals surface area contributed by atoms with Crippen LogP contribution in [0.2, 0.25) is 0 Å². The van der Waals surface area contributed by atoms with Gasteiger partial charge in [-0.3, -0.25) is 0 Å². The number of ether oxygens (including phenoxy) is 1. The summed E-state index contributed by atoms with van der Waals surface area (Å²) in [6.45, 7) is 2.12. The number of benzene rings is 2. The Balaban J connectivity index is 0.000000126. The van der Waals surface area contributed by atoms with E-state index >= 15 is 0 Å². The minimum Gasteiger partial charge on any atom is -0.496 e. The molecule has 0 bridgehead atoms. The number of hydrogen-bond acceptors (Lipinski definition) is 1. The van der Waals surface area contributed by atoms with Crippen molar-refractivity contribution in [1.82, 2.24) is 9.97 Å². The van der Waals surface area contributed by atoms with Crippen LogP contribution in [0.25, 0.3) is 21.8 Å². The zero-order chi connectivity index (χ0) is 14.7. The number of aromatic nitrogens is 2. The van der Waals surface area contributed by atoms with E-state index in [9.17, 15) is 0 Å². The number of H-pyrrole nitrogens is 2. The quantitative estimate of drug-likeness (QED) is 0.522. The molecule has 3 heteroatoms. The highest BCUT2D eigenvalue weighted by molar-refractivity contribution is 5.85. The highest BCUT2D eigenvalue weighted by Crippen LogP contribution is 2.23. The zero-order valence-electron chi connectivity index (χ0n) is 12.2. The lowest BCUT2D eigenvalue weighted by Crippen LogP contribution is -1.81. The van der Waals surface area contributed by atoms with Gasteiger partial charge in [0.05, 0.1) is 7.11 Å². The smallest absolute Gasteiger partial charge is 0.128 e. The van der Waals surface area contributed by atoms with Crippen molar-refractivity contribution in [2.75, 3.05) is 7.11 Å². The summed E-state index contributed by atoms with van der Waals surface area (Å²) in [5.41, 5.74) is 3.67. The van der Waals surface area contributed by atoms with Crippen LogP contribution in [0.1, 0.15) is 5.56 Å². The van der Waals surface area contributed by atoms with Gasteiger partial charge in [-0.1, -0.05) is 18.2 Å². The van der Waals surface area contributed by atoms with E-state index in [1.54, 1.807) is 7.11 Å². The van der Waals surface area contributed by atoms with E-state index in [0.29, 0.717) is 0 Å². The number of rotatable bonds is 1. The fourth-order valence-electron chi connectivity index (χ4n) is 2.48. The number of aromatic amines is 2. The van der Waals surface area contributed by atoms with Crippen LogP contribution in [0.3, 0.4) is 0 Å². The second-order valence-electron chi connectivity index (χ2n) is 4.91. The molecule has 0 aliphatic rings. The van der Waals surface area contributed by atoms with Crippen molar-refractivity contribution >= 4 is 21.8 Å². The van der Waals surface area contributed by atoms with Crippen LogP contribution in [-0.2, 0) is 0 Å². The molecular formula is C18H18N2O. The first-order valence-corrected chi connectivity index (χ1v) is 6.92. The normalized spacial score (nSPS) is 10.4. The Morgan fingerprint density at radius 3 is 2.05 bits per heavy atom. The Morgan fingerprint density at radius 1 is 0.762 bits per heavy atom. The lowest BCUT2D eigenvalue weighted by atomic mass is 10.1. The Hall–Kier alpha value is -2.68. The van der Waals surface area contributed by atoms with Gasteiger partial charge in [0.25, 0.3) is 0 Å². The van der Waals surface area contributed by atoms with Gasteiger partial charge >= 0.3 is 0 Å². The minimum absolute atomic E-state index is 0.920. The Labute approximate surface area is 123 Å². The van der Waals surface area contributed by atoms with Crippen LogP contribution in [0.4, 0.5) is 0 Å². The molecule has 0 amide bonds. The van der Waals surface area contributed by atoms with Crippen molar-refractivity contribution < 1.29 is 4.74 Å². The highest BCUT2D eigenvalue weighted by atomic mass is 16.5. The number of aryl methyl sites for hydroxylation is 1. The van der Waals surface area contributed by atoms with E-state index in [0.717, 1.165) is 16.7 Å². The van der Waals surface area contributed by atoms with Gasteiger partial charge in [-0.25, -0.2) is 0 Å². The van der Waals surface area contributed by atoms with Crippen LogP contribution in [-0.4, -0.2) is 17.1 Å². The summed E-state index contributed by atoms with van der Waals surface area (Å²) in [6, 6.07) is 16.3. The van der Waals surface area contributed by atoms with Crippen molar-refractivity contribution in [2.45, 2.75) is 6.92 Å². The average molecular weight is 278 g/mol. The van der Waals surface area contributed by atoms with Gasteiger partial charge < -0.3 is 14.7 Å². The first-order chi connectivity index (χ1) is 10.3. The van der Waals surface area contributed by atoms with E-state index in [-0.39, 0.29) is 0 Å². The lowest BCUT2D eigenvalue weighted by Gasteiger charge is -1.99. The van der Waals surface area contributed by atoms with E-state index in [1.807, 2.05) is 36.7 Å². The number of nitrogens with one attached hydrogen (secondary N) is 2. The molecule has 0 aliphatic heterocycles. The van der Waals surface area contributed by atoms with Gasteiger partial charge in [0.2, 0.25) is 0 Å². The van der Waals surface area contributed by atoms with Crippen molar-refractivity contribution in [1.29, 1.82) is 0 Å². The molecule has 0 unspecified atom stereocenters. The van der Waals surface area contributed by atoms with Gasteiger partial charge in [0, 0.05) is 34.2 Å². The van der Waals surface area contributed by atoms with Gasteiger partial charge in [-0.2, -0.15) is 0 Å². The summed E-state index contributed by atoms with van der Waals surface area (Å²) in [4.78, 5) is 6.27. The van der Waals surface area contributed by atoms with Crippen molar-refractivity contribution in [3.8, 4) is 5.75 Å². The second-order valence-corrected chi connectivity index (χ2v) is 4.91. The molecule has 0 atom stereocenters.